The topological polar surface area (TPSA) is 36.3 Å². The Morgan fingerprint density at radius 3 is 2.68 bits per heavy atom. The van der Waals surface area contributed by atoms with Crippen LogP contribution in [-0.4, -0.2) is 23.2 Å². The van der Waals surface area contributed by atoms with E-state index < -0.39 is 0 Å². The average molecular weight is 352 g/mol. The first kappa shape index (κ1) is 16.0. The molecule has 0 N–H and O–H groups in total. The standard InChI is InChI=1S/C20H20N2O2S/c1-22-9-8-14-10-16(24-3)11-17(19(14)22)20-18(12-21-25-20)13-4-6-15(23-2)7-5-13/h4,6,8-12H,5,7H2,1-3H3. The van der Waals surface area contributed by atoms with Gasteiger partial charge in [0.1, 0.15) is 5.75 Å². The lowest BCUT2D eigenvalue weighted by Crippen LogP contribution is -1.96. The van der Waals surface area contributed by atoms with E-state index in [9.17, 15) is 0 Å². The zero-order valence-corrected chi connectivity index (χ0v) is 15.4. The van der Waals surface area contributed by atoms with Crippen LogP contribution in [0.2, 0.25) is 0 Å². The van der Waals surface area contributed by atoms with Crippen molar-refractivity contribution in [2.75, 3.05) is 14.2 Å². The first-order valence-electron chi connectivity index (χ1n) is 8.23. The maximum Gasteiger partial charge on any atom is 0.120 e. The number of rotatable bonds is 4. The lowest BCUT2D eigenvalue weighted by Gasteiger charge is -2.15. The summed E-state index contributed by atoms with van der Waals surface area (Å²) >= 11 is 1.54. The van der Waals surface area contributed by atoms with Crippen LogP contribution < -0.4 is 4.74 Å². The van der Waals surface area contributed by atoms with E-state index >= 15 is 0 Å². The molecule has 2 aromatic heterocycles. The van der Waals surface area contributed by atoms with Crippen molar-refractivity contribution in [2.24, 2.45) is 7.05 Å². The molecule has 0 aliphatic heterocycles. The molecule has 0 atom stereocenters. The van der Waals surface area contributed by atoms with Crippen LogP contribution >= 0.6 is 11.5 Å². The third-order valence-electron chi connectivity index (χ3n) is 4.71. The molecule has 0 radical (unpaired) electrons. The summed E-state index contributed by atoms with van der Waals surface area (Å²) in [7, 11) is 5.51. The van der Waals surface area contributed by atoms with Crippen LogP contribution in [0.3, 0.4) is 0 Å². The minimum Gasteiger partial charge on any atom is -0.501 e. The molecular weight excluding hydrogens is 332 g/mol. The molecule has 3 aromatic rings. The number of hydrogen-bond acceptors (Lipinski definition) is 4. The van der Waals surface area contributed by atoms with E-state index in [0.29, 0.717) is 0 Å². The average Bonchev–Trinajstić information content (AvgIpc) is 3.28. The Morgan fingerprint density at radius 2 is 1.96 bits per heavy atom. The predicted octanol–water partition coefficient (Wildman–Crippen LogP) is 5.02. The second-order valence-corrected chi connectivity index (χ2v) is 6.94. The summed E-state index contributed by atoms with van der Waals surface area (Å²) in [5.41, 5.74) is 4.87. The van der Waals surface area contributed by atoms with Gasteiger partial charge in [-0.1, -0.05) is 6.08 Å². The third kappa shape index (κ3) is 2.74. The first-order chi connectivity index (χ1) is 12.2. The smallest absolute Gasteiger partial charge is 0.120 e. The second kappa shape index (κ2) is 6.41. The highest BCUT2D eigenvalue weighted by molar-refractivity contribution is 7.10. The number of ether oxygens (including phenoxy) is 2. The summed E-state index contributed by atoms with van der Waals surface area (Å²) in [6, 6.07) is 6.31. The van der Waals surface area contributed by atoms with E-state index in [2.05, 4.69) is 52.5 Å². The molecule has 4 nitrogen and oxygen atoms in total. The molecule has 1 aliphatic rings. The van der Waals surface area contributed by atoms with Crippen LogP contribution in [0.25, 0.3) is 26.9 Å². The Kier molecular flexibility index (Phi) is 4.09. The number of allylic oxidation sites excluding steroid dienone is 4. The van der Waals surface area contributed by atoms with Crippen LogP contribution in [0.15, 0.2) is 48.5 Å². The SMILES string of the molecule is COC1=CC=C(c2cnsc2-c2cc(OC)cc3ccn(C)c23)CC1. The highest BCUT2D eigenvalue weighted by Gasteiger charge is 2.19. The second-order valence-electron chi connectivity index (χ2n) is 6.14. The molecule has 0 unspecified atom stereocenters. The number of fused-ring (bicyclic) bond motifs is 1. The Labute approximate surface area is 151 Å². The molecule has 4 rings (SSSR count). The van der Waals surface area contributed by atoms with Gasteiger partial charge < -0.3 is 14.0 Å². The van der Waals surface area contributed by atoms with E-state index in [1.54, 1.807) is 14.2 Å². The predicted molar refractivity (Wildman–Crippen MR) is 103 cm³/mol. The minimum absolute atomic E-state index is 0.868. The lowest BCUT2D eigenvalue weighted by atomic mass is 9.95. The van der Waals surface area contributed by atoms with E-state index in [0.717, 1.165) is 24.4 Å². The molecule has 0 amide bonds. The van der Waals surface area contributed by atoms with Gasteiger partial charge in [0, 0.05) is 42.4 Å². The Hall–Kier alpha value is -2.53. The molecule has 25 heavy (non-hydrogen) atoms. The van der Waals surface area contributed by atoms with E-state index in [1.807, 2.05) is 6.20 Å². The molecule has 128 valence electrons. The summed E-state index contributed by atoms with van der Waals surface area (Å²) < 4.78 is 17.5. The third-order valence-corrected chi connectivity index (χ3v) is 5.55. The fraction of sp³-hybridized carbons (Fsp3) is 0.250. The molecule has 0 saturated heterocycles. The van der Waals surface area contributed by atoms with Gasteiger partial charge in [-0.3, -0.25) is 0 Å². The van der Waals surface area contributed by atoms with Crippen molar-refractivity contribution < 1.29 is 9.47 Å². The van der Waals surface area contributed by atoms with Gasteiger partial charge in [0.25, 0.3) is 0 Å². The molecular formula is C20H20N2O2S. The molecule has 2 heterocycles. The number of hydrogen-bond donors (Lipinski definition) is 0. The normalized spacial score (nSPS) is 14.4. The summed E-state index contributed by atoms with van der Waals surface area (Å²) in [5, 5.41) is 1.18. The maximum atomic E-state index is 5.52. The molecule has 1 aromatic carbocycles. The van der Waals surface area contributed by atoms with Crippen molar-refractivity contribution >= 4 is 28.0 Å². The first-order valence-corrected chi connectivity index (χ1v) is 9.01. The number of aryl methyl sites for hydroxylation is 1. The monoisotopic (exact) mass is 352 g/mol. The lowest BCUT2D eigenvalue weighted by molar-refractivity contribution is 0.277. The maximum absolute atomic E-state index is 5.52. The van der Waals surface area contributed by atoms with Crippen molar-refractivity contribution in [2.45, 2.75) is 12.8 Å². The summed E-state index contributed by atoms with van der Waals surface area (Å²) in [4.78, 5) is 1.19. The minimum atomic E-state index is 0.868. The number of methoxy groups -OCH3 is 2. The quantitative estimate of drug-likeness (QED) is 0.661. The van der Waals surface area contributed by atoms with Crippen LogP contribution in [0.1, 0.15) is 18.4 Å². The van der Waals surface area contributed by atoms with Gasteiger partial charge in [-0.15, -0.1) is 0 Å². The molecule has 0 saturated carbocycles. The van der Waals surface area contributed by atoms with Gasteiger partial charge in [0.2, 0.25) is 0 Å². The van der Waals surface area contributed by atoms with Crippen molar-refractivity contribution in [1.29, 1.82) is 0 Å². The van der Waals surface area contributed by atoms with Crippen molar-refractivity contribution in [1.82, 2.24) is 8.94 Å². The van der Waals surface area contributed by atoms with Gasteiger partial charge in [0.05, 0.1) is 30.4 Å². The number of aromatic nitrogens is 2. The molecule has 0 fully saturated rings. The Morgan fingerprint density at radius 1 is 1.08 bits per heavy atom. The number of benzene rings is 1. The van der Waals surface area contributed by atoms with Gasteiger partial charge in [-0.25, -0.2) is 0 Å². The van der Waals surface area contributed by atoms with Gasteiger partial charge >= 0.3 is 0 Å². The van der Waals surface area contributed by atoms with Gasteiger partial charge in [-0.2, -0.15) is 4.37 Å². The zero-order chi connectivity index (χ0) is 17.4. The fourth-order valence-electron chi connectivity index (χ4n) is 3.38. The Bertz CT molecular complexity index is 994. The van der Waals surface area contributed by atoms with Crippen LogP contribution in [0.5, 0.6) is 5.75 Å². The largest absolute Gasteiger partial charge is 0.501 e. The van der Waals surface area contributed by atoms with Crippen LogP contribution in [-0.2, 0) is 11.8 Å². The van der Waals surface area contributed by atoms with Gasteiger partial charge in [0.15, 0.2) is 0 Å². The molecule has 0 bridgehead atoms. The zero-order valence-electron chi connectivity index (χ0n) is 14.6. The fourth-order valence-corrected chi connectivity index (χ4v) is 4.18. The van der Waals surface area contributed by atoms with Crippen molar-refractivity contribution in [3.05, 3.63) is 54.1 Å². The summed E-state index contributed by atoms with van der Waals surface area (Å²) in [5.74, 6) is 1.90. The summed E-state index contributed by atoms with van der Waals surface area (Å²) in [6.07, 6.45) is 10.2. The highest BCUT2D eigenvalue weighted by atomic mass is 32.1. The number of nitrogens with zero attached hydrogens (tertiary/aromatic N) is 2. The van der Waals surface area contributed by atoms with Crippen molar-refractivity contribution in [3.63, 3.8) is 0 Å². The Balaban J connectivity index is 1.89. The van der Waals surface area contributed by atoms with Crippen LogP contribution in [0.4, 0.5) is 0 Å². The molecule has 1 aliphatic carbocycles. The van der Waals surface area contributed by atoms with E-state index in [-0.39, 0.29) is 0 Å². The van der Waals surface area contributed by atoms with E-state index in [1.165, 1.54) is 44.0 Å². The van der Waals surface area contributed by atoms with Gasteiger partial charge in [-0.05, 0) is 47.8 Å². The highest BCUT2D eigenvalue weighted by Crippen LogP contribution is 2.41. The molecule has 0 spiro atoms. The van der Waals surface area contributed by atoms with Crippen molar-refractivity contribution in [3.8, 4) is 16.2 Å². The van der Waals surface area contributed by atoms with Crippen LogP contribution in [0, 0.1) is 0 Å². The molecule has 5 heteroatoms. The van der Waals surface area contributed by atoms with E-state index in [4.69, 9.17) is 9.47 Å². The summed E-state index contributed by atoms with van der Waals surface area (Å²) in [6.45, 7) is 0.